The van der Waals surface area contributed by atoms with Gasteiger partial charge in [0, 0.05) is 19.8 Å². The molecule has 6 nitrogen and oxygen atoms in total. The van der Waals surface area contributed by atoms with E-state index >= 15 is 0 Å². The van der Waals surface area contributed by atoms with Crippen molar-refractivity contribution in [2.45, 2.75) is 32.5 Å². The van der Waals surface area contributed by atoms with Crippen LogP contribution >= 0.6 is 0 Å². The van der Waals surface area contributed by atoms with Crippen LogP contribution in [-0.4, -0.2) is 35.3 Å². The number of halogens is 3. The van der Waals surface area contributed by atoms with E-state index in [4.69, 9.17) is 0 Å². The minimum absolute atomic E-state index is 0.0134. The van der Waals surface area contributed by atoms with E-state index in [2.05, 4.69) is 15.3 Å². The second-order valence-electron chi connectivity index (χ2n) is 8.36. The van der Waals surface area contributed by atoms with Crippen LogP contribution < -0.4 is 10.2 Å². The summed E-state index contributed by atoms with van der Waals surface area (Å²) in [4.78, 5) is 22.9. The van der Waals surface area contributed by atoms with Gasteiger partial charge in [-0.2, -0.15) is 13.2 Å². The zero-order chi connectivity index (χ0) is 25.2. The number of amides is 1. The van der Waals surface area contributed by atoms with Gasteiger partial charge >= 0.3 is 6.18 Å². The summed E-state index contributed by atoms with van der Waals surface area (Å²) in [5.74, 6) is -0.442. The molecule has 35 heavy (non-hydrogen) atoms. The van der Waals surface area contributed by atoms with E-state index in [-0.39, 0.29) is 30.1 Å². The summed E-state index contributed by atoms with van der Waals surface area (Å²) in [6.45, 7) is 2.14. The molecule has 2 heterocycles. The molecule has 4 rings (SSSR count). The predicted octanol–water partition coefficient (Wildman–Crippen LogP) is 5.57. The molecule has 0 atom stereocenters. The number of aliphatic imine (C=N–C) groups is 1. The van der Waals surface area contributed by atoms with Gasteiger partial charge < -0.3 is 15.3 Å². The highest BCUT2D eigenvalue weighted by atomic mass is 19.4. The average Bonchev–Trinajstić information content (AvgIpc) is 3.00. The molecule has 0 radical (unpaired) electrons. The Hall–Kier alpha value is -3.72. The number of carbonyl (C=O) groups excluding carboxylic acids is 1. The Labute approximate surface area is 201 Å². The van der Waals surface area contributed by atoms with Gasteiger partial charge in [-0.3, -0.25) is 14.8 Å². The molecule has 1 amide bonds. The van der Waals surface area contributed by atoms with E-state index in [0.29, 0.717) is 29.9 Å². The Morgan fingerprint density at radius 3 is 2.54 bits per heavy atom. The van der Waals surface area contributed by atoms with Gasteiger partial charge in [-0.15, -0.1) is 0 Å². The number of aromatic nitrogens is 1. The minimum Gasteiger partial charge on any atom is -0.390 e. The highest BCUT2D eigenvalue weighted by molar-refractivity contribution is 6.17. The Balaban J connectivity index is 1.82. The maximum absolute atomic E-state index is 13.8. The Kier molecular flexibility index (Phi) is 6.88. The summed E-state index contributed by atoms with van der Waals surface area (Å²) in [5.41, 5.74) is 2.82. The lowest BCUT2D eigenvalue weighted by Crippen LogP contribution is -2.22. The molecule has 0 saturated heterocycles. The molecular formula is C26H25F3N4O2. The van der Waals surface area contributed by atoms with Gasteiger partial charge in [0.1, 0.15) is 0 Å². The van der Waals surface area contributed by atoms with E-state index < -0.39 is 17.6 Å². The number of aliphatic hydroxyl groups is 1. The van der Waals surface area contributed by atoms with Crippen LogP contribution in [0.15, 0.2) is 59.7 Å². The average molecular weight is 483 g/mol. The molecule has 0 bridgehead atoms. The Morgan fingerprint density at radius 2 is 1.83 bits per heavy atom. The Bertz CT molecular complexity index is 1290. The number of alkyl halides is 3. The van der Waals surface area contributed by atoms with Crippen LogP contribution in [0.3, 0.4) is 0 Å². The smallest absolute Gasteiger partial charge is 0.390 e. The number of anilines is 2. The number of hydrogen-bond donors (Lipinski definition) is 2. The summed E-state index contributed by atoms with van der Waals surface area (Å²) in [5, 5.41) is 12.0. The maximum atomic E-state index is 13.8. The topological polar surface area (TPSA) is 77.8 Å². The first-order chi connectivity index (χ1) is 16.7. The summed E-state index contributed by atoms with van der Waals surface area (Å²) in [7, 11) is 1.61. The molecular weight excluding hydrogens is 457 g/mol. The number of fused-ring (bicyclic) bond motifs is 1. The summed E-state index contributed by atoms with van der Waals surface area (Å²) in [6, 6.07) is 13.3. The van der Waals surface area contributed by atoms with Crippen molar-refractivity contribution in [3.05, 3.63) is 71.5 Å². The normalized spacial score (nSPS) is 13.5. The number of benzene rings is 2. The highest BCUT2D eigenvalue weighted by Gasteiger charge is 2.36. The molecule has 3 aromatic rings. The lowest BCUT2D eigenvalue weighted by molar-refractivity contribution is -0.137. The zero-order valence-corrected chi connectivity index (χ0v) is 19.4. The molecule has 0 aliphatic carbocycles. The third-order valence-electron chi connectivity index (χ3n) is 5.75. The van der Waals surface area contributed by atoms with Crippen molar-refractivity contribution >= 4 is 28.7 Å². The van der Waals surface area contributed by atoms with Gasteiger partial charge in [0.15, 0.2) is 0 Å². The molecule has 2 N–H and O–H groups in total. The lowest BCUT2D eigenvalue weighted by atomic mass is 9.99. The zero-order valence-electron chi connectivity index (χ0n) is 19.4. The fourth-order valence-corrected chi connectivity index (χ4v) is 4.09. The van der Waals surface area contributed by atoms with Crippen LogP contribution in [-0.2, 0) is 17.6 Å². The van der Waals surface area contributed by atoms with E-state index in [1.165, 1.54) is 6.07 Å². The molecule has 1 aliphatic rings. The van der Waals surface area contributed by atoms with Crippen LogP contribution in [0, 0.1) is 0 Å². The number of aliphatic hydroxyl groups excluding tert-OH is 1. The molecule has 2 aromatic carbocycles. The van der Waals surface area contributed by atoms with Gasteiger partial charge in [0.2, 0.25) is 5.91 Å². The van der Waals surface area contributed by atoms with Crippen LogP contribution in [0.25, 0.3) is 11.1 Å². The molecule has 0 spiro atoms. The number of rotatable bonds is 6. The first kappa shape index (κ1) is 24.4. The lowest BCUT2D eigenvalue weighted by Gasteiger charge is -2.24. The van der Waals surface area contributed by atoms with E-state index in [9.17, 15) is 23.1 Å². The third-order valence-corrected chi connectivity index (χ3v) is 5.75. The number of nitrogens with one attached hydrogen (secondary N) is 1. The van der Waals surface area contributed by atoms with Crippen LogP contribution in [0.2, 0.25) is 0 Å². The van der Waals surface area contributed by atoms with Crippen molar-refractivity contribution in [2.24, 2.45) is 4.99 Å². The van der Waals surface area contributed by atoms with Crippen molar-refractivity contribution in [2.75, 3.05) is 23.8 Å². The van der Waals surface area contributed by atoms with Gasteiger partial charge in [0.05, 0.1) is 47.1 Å². The van der Waals surface area contributed by atoms with Crippen molar-refractivity contribution in [1.29, 1.82) is 0 Å². The first-order valence-corrected chi connectivity index (χ1v) is 11.2. The molecule has 0 fully saturated rings. The number of hydrogen-bond acceptors (Lipinski definition) is 5. The maximum Gasteiger partial charge on any atom is 0.418 e. The Morgan fingerprint density at radius 1 is 1.09 bits per heavy atom. The van der Waals surface area contributed by atoms with E-state index in [1.54, 1.807) is 24.2 Å². The second kappa shape index (κ2) is 9.87. The van der Waals surface area contributed by atoms with Crippen molar-refractivity contribution in [1.82, 2.24) is 4.98 Å². The first-order valence-electron chi connectivity index (χ1n) is 11.2. The van der Waals surface area contributed by atoms with E-state index in [0.717, 1.165) is 17.2 Å². The molecule has 0 unspecified atom stereocenters. The molecule has 0 saturated carbocycles. The van der Waals surface area contributed by atoms with Crippen LogP contribution in [0.1, 0.15) is 36.6 Å². The third kappa shape index (κ3) is 5.35. The van der Waals surface area contributed by atoms with Gasteiger partial charge in [-0.25, -0.2) is 0 Å². The summed E-state index contributed by atoms with van der Waals surface area (Å²) in [6.07, 6.45) is -2.39. The van der Waals surface area contributed by atoms with Gasteiger partial charge in [-0.05, 0) is 53.4 Å². The number of nitrogens with zero attached hydrogens (tertiary/aromatic N) is 3. The monoisotopic (exact) mass is 482 g/mol. The number of pyridine rings is 1. The number of carbonyl (C=O) groups is 1. The summed E-state index contributed by atoms with van der Waals surface area (Å²) >= 11 is 0. The largest absolute Gasteiger partial charge is 0.418 e. The van der Waals surface area contributed by atoms with Crippen LogP contribution in [0.4, 0.5) is 30.2 Å². The second-order valence-corrected chi connectivity index (χ2v) is 8.36. The fraction of sp³-hybridized carbons (Fsp3) is 0.269. The van der Waals surface area contributed by atoms with Crippen molar-refractivity contribution in [3.63, 3.8) is 0 Å². The highest BCUT2D eigenvalue weighted by Crippen LogP contribution is 2.43. The predicted molar refractivity (Wildman–Crippen MR) is 130 cm³/mol. The fourth-order valence-electron chi connectivity index (χ4n) is 4.09. The van der Waals surface area contributed by atoms with Gasteiger partial charge in [-0.1, -0.05) is 25.1 Å². The molecule has 182 valence electrons. The SMILES string of the molecule is CCCN(C)c1cc2c(cc1C(F)(F)F)NC(=O)CC(c1cccc(-c3ccnc(CO)c3)c1)=N2. The standard InChI is InChI=1S/C26H25F3N4O2/c1-3-9-33(2)24-13-23-22(12-20(24)26(27,28)29)32-25(35)14-21(31-23)18-6-4-5-16(10-18)17-7-8-30-19(11-17)15-34/h4-8,10-13,34H,3,9,14-15H2,1-2H3,(H,32,35). The minimum atomic E-state index is -4.58. The van der Waals surface area contributed by atoms with E-state index in [1.807, 2.05) is 37.3 Å². The molecule has 1 aliphatic heterocycles. The molecule has 9 heteroatoms. The van der Waals surface area contributed by atoms with Gasteiger partial charge in [0.25, 0.3) is 0 Å². The van der Waals surface area contributed by atoms with Crippen molar-refractivity contribution < 1.29 is 23.1 Å². The quantitative estimate of drug-likeness (QED) is 0.482. The van der Waals surface area contributed by atoms with Crippen molar-refractivity contribution in [3.8, 4) is 11.1 Å². The van der Waals surface area contributed by atoms with Crippen LogP contribution in [0.5, 0.6) is 0 Å². The molecule has 1 aromatic heterocycles. The summed E-state index contributed by atoms with van der Waals surface area (Å²) < 4.78 is 41.5.